The van der Waals surface area contributed by atoms with E-state index in [0.717, 1.165) is 10.0 Å². The van der Waals surface area contributed by atoms with Gasteiger partial charge in [0.05, 0.1) is 4.92 Å². The van der Waals surface area contributed by atoms with Crippen molar-refractivity contribution in [3.05, 3.63) is 50.1 Å². The van der Waals surface area contributed by atoms with Crippen molar-refractivity contribution in [2.75, 3.05) is 0 Å². The highest BCUT2D eigenvalue weighted by molar-refractivity contribution is 9.10. The van der Waals surface area contributed by atoms with Crippen LogP contribution in [0, 0.1) is 10.1 Å². The summed E-state index contributed by atoms with van der Waals surface area (Å²) in [4.78, 5) is 9.93. The largest absolute Gasteiger partial charge is 0.259 e. The van der Waals surface area contributed by atoms with E-state index in [1.165, 1.54) is 13.0 Å². The highest BCUT2D eigenvalue weighted by Crippen LogP contribution is 2.18. The molecule has 0 amide bonds. The van der Waals surface area contributed by atoms with E-state index >= 15 is 0 Å². The molecule has 0 fully saturated rings. The summed E-state index contributed by atoms with van der Waals surface area (Å²) in [7, 11) is 0. The van der Waals surface area contributed by atoms with Crippen molar-refractivity contribution in [1.29, 1.82) is 0 Å². The summed E-state index contributed by atoms with van der Waals surface area (Å²) in [6.07, 6.45) is 1.53. The Bertz CT molecular complexity index is 360. The van der Waals surface area contributed by atoms with E-state index in [1.807, 2.05) is 24.3 Å². The van der Waals surface area contributed by atoms with Crippen molar-refractivity contribution in [1.82, 2.24) is 0 Å². The van der Waals surface area contributed by atoms with E-state index in [4.69, 9.17) is 0 Å². The minimum atomic E-state index is -0.403. The van der Waals surface area contributed by atoms with Gasteiger partial charge < -0.3 is 0 Å². The summed E-state index contributed by atoms with van der Waals surface area (Å²) < 4.78 is 0.858. The van der Waals surface area contributed by atoms with Gasteiger partial charge in [-0.3, -0.25) is 10.1 Å². The van der Waals surface area contributed by atoms with Crippen LogP contribution in [0.25, 0.3) is 6.08 Å². The molecule has 4 heteroatoms. The topological polar surface area (TPSA) is 43.1 Å². The Hall–Kier alpha value is -1.16. The molecular formula is C9H8BrNO2. The van der Waals surface area contributed by atoms with Gasteiger partial charge in [-0.05, 0) is 11.6 Å². The molecule has 0 aliphatic carbocycles. The van der Waals surface area contributed by atoms with Crippen molar-refractivity contribution in [2.45, 2.75) is 6.92 Å². The fourth-order valence-corrected chi connectivity index (χ4v) is 1.27. The average Bonchev–Trinajstić information content (AvgIpc) is 2.08. The molecule has 1 aromatic rings. The number of hydrogen-bond acceptors (Lipinski definition) is 2. The zero-order chi connectivity index (χ0) is 9.84. The Labute approximate surface area is 84.4 Å². The molecule has 0 atom stereocenters. The lowest BCUT2D eigenvalue weighted by molar-refractivity contribution is -0.422. The standard InChI is InChI=1S/C9H8BrNO2/c1-7(11(12)13)6-8-4-2-3-5-9(8)10/h2-6H,1H3/b7-6+. The quantitative estimate of drug-likeness (QED) is 0.590. The molecular weight excluding hydrogens is 234 g/mol. The second kappa shape index (κ2) is 4.18. The minimum Gasteiger partial charge on any atom is -0.259 e. The fourth-order valence-electron chi connectivity index (χ4n) is 0.870. The zero-order valence-electron chi connectivity index (χ0n) is 7.03. The van der Waals surface area contributed by atoms with Gasteiger partial charge in [-0.1, -0.05) is 34.1 Å². The first-order valence-corrected chi connectivity index (χ1v) is 4.48. The predicted octanol–water partition coefficient (Wildman–Crippen LogP) is 3.09. The van der Waals surface area contributed by atoms with Crippen molar-refractivity contribution < 1.29 is 4.92 Å². The highest BCUT2D eigenvalue weighted by Gasteiger charge is 2.03. The van der Waals surface area contributed by atoms with Crippen LogP contribution < -0.4 is 0 Å². The molecule has 0 saturated heterocycles. The normalized spacial score (nSPS) is 11.4. The van der Waals surface area contributed by atoms with Crippen molar-refractivity contribution >= 4 is 22.0 Å². The molecule has 1 rings (SSSR count). The maximum Gasteiger partial charge on any atom is 0.243 e. The van der Waals surface area contributed by atoms with Crippen LogP contribution in [0.15, 0.2) is 34.4 Å². The van der Waals surface area contributed by atoms with Crippen LogP contribution in [0.1, 0.15) is 12.5 Å². The molecule has 68 valence electrons. The molecule has 0 aromatic heterocycles. The minimum absolute atomic E-state index is 0.131. The molecule has 0 bridgehead atoms. The zero-order valence-corrected chi connectivity index (χ0v) is 8.61. The molecule has 1 aromatic carbocycles. The SMILES string of the molecule is C/C(=C\c1ccccc1Br)[N+](=O)[O-]. The Morgan fingerprint density at radius 1 is 1.54 bits per heavy atom. The second-order valence-electron chi connectivity index (χ2n) is 2.56. The number of nitrogens with zero attached hydrogens (tertiary/aromatic N) is 1. The van der Waals surface area contributed by atoms with Crippen LogP contribution in [0.5, 0.6) is 0 Å². The molecule has 3 nitrogen and oxygen atoms in total. The van der Waals surface area contributed by atoms with Gasteiger partial charge in [-0.25, -0.2) is 0 Å². The molecule has 13 heavy (non-hydrogen) atoms. The fraction of sp³-hybridized carbons (Fsp3) is 0.111. The lowest BCUT2D eigenvalue weighted by Gasteiger charge is -1.96. The average molecular weight is 242 g/mol. The molecule has 0 radical (unpaired) electrons. The number of halogens is 1. The summed E-state index contributed by atoms with van der Waals surface area (Å²) in [5.74, 6) is 0. The smallest absolute Gasteiger partial charge is 0.243 e. The summed E-state index contributed by atoms with van der Waals surface area (Å²) in [5.41, 5.74) is 0.948. The lowest BCUT2D eigenvalue weighted by Crippen LogP contribution is -1.93. The van der Waals surface area contributed by atoms with Crippen molar-refractivity contribution in [2.24, 2.45) is 0 Å². The Balaban J connectivity index is 3.04. The number of benzene rings is 1. The van der Waals surface area contributed by atoms with Gasteiger partial charge in [-0.15, -0.1) is 0 Å². The van der Waals surface area contributed by atoms with Crippen LogP contribution in [0.2, 0.25) is 0 Å². The van der Waals surface area contributed by atoms with E-state index in [-0.39, 0.29) is 5.70 Å². The Morgan fingerprint density at radius 3 is 2.69 bits per heavy atom. The molecule has 0 saturated carbocycles. The van der Waals surface area contributed by atoms with Gasteiger partial charge in [0.15, 0.2) is 0 Å². The van der Waals surface area contributed by atoms with Crippen LogP contribution >= 0.6 is 15.9 Å². The van der Waals surface area contributed by atoms with Gasteiger partial charge in [0, 0.05) is 17.5 Å². The number of rotatable bonds is 2. The predicted molar refractivity (Wildman–Crippen MR) is 54.8 cm³/mol. The first kappa shape index (κ1) is 9.92. The molecule has 0 aliphatic heterocycles. The third-order valence-corrected chi connectivity index (χ3v) is 2.28. The van der Waals surface area contributed by atoms with E-state index in [9.17, 15) is 10.1 Å². The Kier molecular flexibility index (Phi) is 3.19. The summed E-state index contributed by atoms with van der Waals surface area (Å²) in [5, 5.41) is 10.3. The number of allylic oxidation sites excluding steroid dienone is 1. The third kappa shape index (κ3) is 2.66. The first-order chi connectivity index (χ1) is 6.11. The first-order valence-electron chi connectivity index (χ1n) is 3.68. The van der Waals surface area contributed by atoms with E-state index in [1.54, 1.807) is 0 Å². The molecule has 0 aliphatic rings. The highest BCUT2D eigenvalue weighted by atomic mass is 79.9. The van der Waals surface area contributed by atoms with Gasteiger partial charge >= 0.3 is 0 Å². The van der Waals surface area contributed by atoms with Crippen LogP contribution in [-0.4, -0.2) is 4.92 Å². The summed E-state index contributed by atoms with van der Waals surface area (Å²) >= 11 is 3.31. The van der Waals surface area contributed by atoms with Gasteiger partial charge in [0.1, 0.15) is 0 Å². The summed E-state index contributed by atoms with van der Waals surface area (Å²) in [6.45, 7) is 1.47. The van der Waals surface area contributed by atoms with Crippen molar-refractivity contribution in [3.8, 4) is 0 Å². The number of nitro groups is 1. The van der Waals surface area contributed by atoms with E-state index in [0.29, 0.717) is 0 Å². The third-order valence-electron chi connectivity index (χ3n) is 1.56. The molecule has 0 spiro atoms. The van der Waals surface area contributed by atoms with Crippen LogP contribution in [0.4, 0.5) is 0 Å². The lowest BCUT2D eigenvalue weighted by atomic mass is 10.2. The van der Waals surface area contributed by atoms with E-state index < -0.39 is 4.92 Å². The van der Waals surface area contributed by atoms with Gasteiger partial charge in [-0.2, -0.15) is 0 Å². The van der Waals surface area contributed by atoms with Crippen LogP contribution in [0.3, 0.4) is 0 Å². The van der Waals surface area contributed by atoms with Gasteiger partial charge in [0.25, 0.3) is 0 Å². The van der Waals surface area contributed by atoms with Gasteiger partial charge in [0.2, 0.25) is 5.70 Å². The molecule has 0 N–H and O–H groups in total. The maximum absolute atomic E-state index is 10.3. The van der Waals surface area contributed by atoms with Crippen LogP contribution in [-0.2, 0) is 0 Å². The maximum atomic E-state index is 10.3. The Morgan fingerprint density at radius 2 is 2.15 bits per heavy atom. The monoisotopic (exact) mass is 241 g/mol. The number of hydrogen-bond donors (Lipinski definition) is 0. The summed E-state index contributed by atoms with van der Waals surface area (Å²) in [6, 6.07) is 7.36. The molecule has 0 heterocycles. The second-order valence-corrected chi connectivity index (χ2v) is 3.42. The van der Waals surface area contributed by atoms with E-state index in [2.05, 4.69) is 15.9 Å². The van der Waals surface area contributed by atoms with Crippen molar-refractivity contribution in [3.63, 3.8) is 0 Å². The molecule has 0 unspecified atom stereocenters.